The van der Waals surface area contributed by atoms with Crippen LogP contribution < -0.4 is 10.6 Å². The minimum atomic E-state index is -2.66. The summed E-state index contributed by atoms with van der Waals surface area (Å²) in [7, 11) is 7.04. The van der Waals surface area contributed by atoms with E-state index in [1.54, 1.807) is 25.1 Å². The number of ketones is 2. The number of nitrogens with zero attached hydrogens (tertiary/aromatic N) is 3. The number of aromatic hydroxyl groups is 1. The van der Waals surface area contributed by atoms with Gasteiger partial charge in [0.05, 0.1) is 11.6 Å². The summed E-state index contributed by atoms with van der Waals surface area (Å²) < 4.78 is 0. The molecule has 6 N–H and O–H groups in total. The minimum absolute atomic E-state index is 0.0182. The summed E-state index contributed by atoms with van der Waals surface area (Å²) in [6.45, 7) is 10.4. The number of benzene rings is 1. The van der Waals surface area contributed by atoms with Crippen molar-refractivity contribution in [3.63, 3.8) is 0 Å². The highest BCUT2D eigenvalue weighted by molar-refractivity contribution is 6.24. The molecular weight excluding hydrogens is 576 g/mol. The summed E-state index contributed by atoms with van der Waals surface area (Å²) >= 11 is 0. The van der Waals surface area contributed by atoms with Gasteiger partial charge in [-0.05, 0) is 81.1 Å². The Balaban J connectivity index is 1.65. The summed E-state index contributed by atoms with van der Waals surface area (Å²) in [5.41, 5.74) is 4.20. The van der Waals surface area contributed by atoms with E-state index in [9.17, 15) is 34.8 Å². The van der Waals surface area contributed by atoms with E-state index in [2.05, 4.69) is 32.6 Å². The van der Waals surface area contributed by atoms with Gasteiger partial charge in [-0.25, -0.2) is 0 Å². The maximum Gasteiger partial charge on any atom is 0.255 e. The van der Waals surface area contributed by atoms with Gasteiger partial charge < -0.3 is 31.1 Å². The Morgan fingerprint density at radius 3 is 2.24 bits per heavy atom. The number of hydrogen-bond acceptors (Lipinski definition) is 10. The van der Waals surface area contributed by atoms with E-state index in [-0.39, 0.29) is 41.2 Å². The highest BCUT2D eigenvalue weighted by Crippen LogP contribution is 2.53. The van der Waals surface area contributed by atoms with Gasteiger partial charge in [-0.1, -0.05) is 20.8 Å². The summed E-state index contributed by atoms with van der Waals surface area (Å²) in [5, 5.41) is 45.9. The molecule has 1 saturated carbocycles. The second-order valence-corrected chi connectivity index (χ2v) is 15.0. The van der Waals surface area contributed by atoms with Crippen molar-refractivity contribution in [1.82, 2.24) is 9.80 Å². The van der Waals surface area contributed by atoms with Gasteiger partial charge >= 0.3 is 0 Å². The first kappa shape index (κ1) is 33.0. The number of carbonyl (C=O) groups excluding carboxylic acids is 3. The van der Waals surface area contributed by atoms with Gasteiger partial charge in [0.2, 0.25) is 5.78 Å². The molecule has 0 heterocycles. The van der Waals surface area contributed by atoms with Crippen LogP contribution in [0.25, 0.3) is 0 Å². The lowest BCUT2D eigenvalue weighted by molar-refractivity contribution is -0.148. The van der Waals surface area contributed by atoms with Gasteiger partial charge in [0.1, 0.15) is 22.8 Å². The van der Waals surface area contributed by atoms with Gasteiger partial charge in [0.15, 0.2) is 11.4 Å². The number of phenols is 1. The van der Waals surface area contributed by atoms with Crippen molar-refractivity contribution in [2.75, 3.05) is 39.6 Å². The predicted octanol–water partition coefficient (Wildman–Crippen LogP) is 2.83. The lowest BCUT2D eigenvalue weighted by Crippen LogP contribution is -2.63. The van der Waals surface area contributed by atoms with Crippen LogP contribution in [0, 0.1) is 23.2 Å². The van der Waals surface area contributed by atoms with Crippen LogP contribution in [0.2, 0.25) is 0 Å². The molecule has 45 heavy (non-hydrogen) atoms. The molecule has 0 spiro atoms. The van der Waals surface area contributed by atoms with Crippen LogP contribution in [0.4, 0.5) is 5.69 Å². The lowest BCUT2D eigenvalue weighted by Gasteiger charge is -2.50. The topological polar surface area (TPSA) is 168 Å². The van der Waals surface area contributed by atoms with Crippen LogP contribution in [-0.2, 0) is 22.6 Å². The van der Waals surface area contributed by atoms with E-state index in [1.165, 1.54) is 12.8 Å². The SMILES string of the molecule is C[C@@H](N(Cc1cc(O)c2c(c1N(C)C)C[C@H]1C[C@H]3[C@H](N(C)C)C(O)=C(C(N)=O)C(=O)[C@@]3(O)C(O)=C1C2=O)CC1CC1)C(C)(C)C. The van der Waals surface area contributed by atoms with Gasteiger partial charge in [0.25, 0.3) is 5.91 Å². The second kappa shape index (κ2) is 11.1. The lowest BCUT2D eigenvalue weighted by atomic mass is 9.58. The number of aliphatic hydroxyl groups excluding tert-OH is 2. The second-order valence-electron chi connectivity index (χ2n) is 15.0. The summed E-state index contributed by atoms with van der Waals surface area (Å²) in [6.07, 6.45) is 2.71. The number of amides is 1. The molecule has 246 valence electrons. The van der Waals surface area contributed by atoms with E-state index in [4.69, 9.17) is 5.73 Å². The Labute approximate surface area is 265 Å². The molecule has 0 radical (unpaired) electrons. The first-order chi connectivity index (χ1) is 20.8. The first-order valence-electron chi connectivity index (χ1n) is 15.8. The van der Waals surface area contributed by atoms with Gasteiger partial charge in [-0.15, -0.1) is 0 Å². The summed E-state index contributed by atoms with van der Waals surface area (Å²) in [5.74, 6) is -5.87. The normalized spacial score (nSPS) is 27.5. The van der Waals surface area contributed by atoms with Crippen molar-refractivity contribution in [1.29, 1.82) is 0 Å². The van der Waals surface area contributed by atoms with E-state index in [1.807, 2.05) is 19.0 Å². The molecule has 4 aliphatic carbocycles. The number of primary amides is 1. The predicted molar refractivity (Wildman–Crippen MR) is 170 cm³/mol. The van der Waals surface area contributed by atoms with E-state index in [0.29, 0.717) is 18.0 Å². The molecule has 0 aromatic heterocycles. The largest absolute Gasteiger partial charge is 0.510 e. The van der Waals surface area contributed by atoms with Gasteiger partial charge in [-0.2, -0.15) is 0 Å². The number of hydrogen-bond donors (Lipinski definition) is 5. The molecule has 1 aromatic rings. The Hall–Kier alpha value is -3.41. The number of aliphatic hydroxyl groups is 3. The Morgan fingerprint density at radius 2 is 1.73 bits per heavy atom. The number of likely N-dealkylation sites (N-methyl/N-ethyl adjacent to an activating group) is 1. The Kier molecular flexibility index (Phi) is 8.16. The fourth-order valence-electron chi connectivity index (χ4n) is 7.81. The van der Waals surface area contributed by atoms with Crippen LogP contribution >= 0.6 is 0 Å². The first-order valence-corrected chi connectivity index (χ1v) is 15.8. The standard InChI is InChI=1S/C34H48N4O7/c1-16(33(2,3)4)38(14-17-9-10-17)15-19-13-22(39)24-20(26(19)36(5)6)11-18-12-21-27(37(7)8)29(41)25(32(35)44)31(43)34(21,45)30(42)23(18)28(24)40/h13,16-18,21,27,39,41-42,45H,9-12,14-15H2,1-8H3,(H2,35,44)/t16-,18+,21+,27+,34+/m1/s1. The van der Waals surface area contributed by atoms with E-state index >= 15 is 0 Å². The van der Waals surface area contributed by atoms with Crippen LogP contribution in [-0.4, -0.2) is 100 Å². The quantitative estimate of drug-likeness (QED) is 0.271. The van der Waals surface area contributed by atoms with Crippen LogP contribution in [0.3, 0.4) is 0 Å². The monoisotopic (exact) mass is 624 g/mol. The highest BCUT2D eigenvalue weighted by Gasteiger charge is 2.63. The molecule has 1 aromatic carbocycles. The zero-order chi connectivity index (χ0) is 33.5. The Morgan fingerprint density at radius 1 is 1.11 bits per heavy atom. The maximum absolute atomic E-state index is 14.2. The van der Waals surface area contributed by atoms with Crippen molar-refractivity contribution < 1.29 is 34.8 Å². The number of fused-ring (bicyclic) bond motifs is 3. The molecule has 11 nitrogen and oxygen atoms in total. The fourth-order valence-corrected chi connectivity index (χ4v) is 7.81. The minimum Gasteiger partial charge on any atom is -0.510 e. The maximum atomic E-state index is 14.2. The number of nitrogens with two attached hydrogens (primary N) is 1. The summed E-state index contributed by atoms with van der Waals surface area (Å²) in [6, 6.07) is 0.839. The number of anilines is 1. The zero-order valence-electron chi connectivity index (χ0n) is 27.6. The number of allylic oxidation sites excluding steroid dienone is 1. The van der Waals surface area contributed by atoms with Crippen molar-refractivity contribution in [3.05, 3.63) is 45.4 Å². The number of phenolic OH excluding ortho intramolecular Hbond substituents is 1. The molecule has 0 saturated heterocycles. The summed E-state index contributed by atoms with van der Waals surface area (Å²) in [4.78, 5) is 46.0. The fraction of sp³-hybridized carbons (Fsp3) is 0.618. The molecular formula is C34H48N4O7. The smallest absolute Gasteiger partial charge is 0.255 e. The molecule has 0 unspecified atom stereocenters. The number of rotatable bonds is 8. The molecule has 5 atom stereocenters. The van der Waals surface area contributed by atoms with Crippen LogP contribution in [0.5, 0.6) is 5.75 Å². The number of Topliss-reactive ketones (excluding diaryl/α,β-unsaturated/α-hetero) is 2. The van der Waals surface area contributed by atoms with Crippen molar-refractivity contribution in [2.24, 2.45) is 28.9 Å². The molecule has 4 aliphatic rings. The molecule has 5 rings (SSSR count). The zero-order valence-corrected chi connectivity index (χ0v) is 27.6. The average molecular weight is 625 g/mol. The molecule has 11 heteroatoms. The van der Waals surface area contributed by atoms with Crippen molar-refractivity contribution in [3.8, 4) is 5.75 Å². The van der Waals surface area contributed by atoms with Crippen molar-refractivity contribution in [2.45, 2.75) is 77.6 Å². The molecule has 0 bridgehead atoms. The Bertz CT molecular complexity index is 1520. The molecule has 1 amide bonds. The van der Waals surface area contributed by atoms with Crippen LogP contribution in [0.15, 0.2) is 28.7 Å². The average Bonchev–Trinajstić information content (AvgIpc) is 3.72. The third-order valence-corrected chi connectivity index (χ3v) is 10.6. The molecule has 0 aliphatic heterocycles. The number of carbonyl (C=O) groups is 3. The van der Waals surface area contributed by atoms with Gasteiger partial charge in [0, 0.05) is 50.4 Å². The third kappa shape index (κ3) is 5.22. The van der Waals surface area contributed by atoms with Crippen LogP contribution in [0.1, 0.15) is 68.4 Å². The molecule has 1 fully saturated rings. The van der Waals surface area contributed by atoms with Crippen molar-refractivity contribution >= 4 is 23.2 Å². The van der Waals surface area contributed by atoms with E-state index < -0.39 is 58.0 Å². The van der Waals surface area contributed by atoms with E-state index in [0.717, 1.165) is 17.8 Å². The highest BCUT2D eigenvalue weighted by atomic mass is 16.3. The van der Waals surface area contributed by atoms with Gasteiger partial charge in [-0.3, -0.25) is 24.2 Å². The third-order valence-electron chi connectivity index (χ3n) is 10.6.